The molecule has 1 aromatic heterocycles. The molecule has 0 radical (unpaired) electrons. The summed E-state index contributed by atoms with van der Waals surface area (Å²) in [6.45, 7) is -0.206. The summed E-state index contributed by atoms with van der Waals surface area (Å²) in [5.74, 6) is 0.970. The highest BCUT2D eigenvalue weighted by Crippen LogP contribution is 2.32. The Balaban J connectivity index is 1.90. The second-order valence-electron chi connectivity index (χ2n) is 5.42. The average Bonchev–Trinajstić information content (AvgIpc) is 3.12. The number of carbonyl (C=O) groups excluding carboxylic acids is 1. The van der Waals surface area contributed by atoms with Crippen molar-refractivity contribution in [3.63, 3.8) is 0 Å². The molecule has 134 valence electrons. The third kappa shape index (κ3) is 3.85. The number of ether oxygens (including phenoxy) is 1. The number of aliphatic hydroxyl groups is 1. The van der Waals surface area contributed by atoms with E-state index in [2.05, 4.69) is 5.32 Å². The van der Waals surface area contributed by atoms with Gasteiger partial charge in [-0.05, 0) is 48.5 Å². The van der Waals surface area contributed by atoms with Crippen molar-refractivity contribution in [2.75, 3.05) is 12.4 Å². The van der Waals surface area contributed by atoms with Gasteiger partial charge in [0.05, 0.1) is 17.7 Å². The topological polar surface area (TPSA) is 71.7 Å². The van der Waals surface area contributed by atoms with Gasteiger partial charge in [-0.2, -0.15) is 0 Å². The van der Waals surface area contributed by atoms with E-state index in [-0.39, 0.29) is 12.5 Å². The second kappa shape index (κ2) is 7.83. The number of furan rings is 1. The first-order valence-corrected chi connectivity index (χ1v) is 8.42. The Bertz CT molecular complexity index is 952. The third-order valence-corrected chi connectivity index (χ3v) is 4.28. The smallest absolute Gasteiger partial charge is 0.259 e. The van der Waals surface area contributed by atoms with Crippen LogP contribution in [0.3, 0.4) is 0 Å². The lowest BCUT2D eigenvalue weighted by atomic mass is 10.1. The molecule has 7 heteroatoms. The number of benzene rings is 2. The SMILES string of the molecule is COc1ccc(Cl)cc1C(=O)Nc1ccc(Cl)c(-c2ccc(CO)o2)c1. The molecule has 2 aromatic carbocycles. The Kier molecular flexibility index (Phi) is 5.52. The summed E-state index contributed by atoms with van der Waals surface area (Å²) in [5, 5.41) is 12.8. The van der Waals surface area contributed by atoms with Crippen molar-refractivity contribution in [3.8, 4) is 17.1 Å². The first-order chi connectivity index (χ1) is 12.5. The van der Waals surface area contributed by atoms with E-state index in [1.54, 1.807) is 42.5 Å². The van der Waals surface area contributed by atoms with Crippen LogP contribution in [0.2, 0.25) is 10.0 Å². The van der Waals surface area contributed by atoms with Crippen LogP contribution in [-0.4, -0.2) is 18.1 Å². The number of halogens is 2. The maximum Gasteiger partial charge on any atom is 0.259 e. The van der Waals surface area contributed by atoms with E-state index in [9.17, 15) is 4.79 Å². The molecule has 0 saturated carbocycles. The van der Waals surface area contributed by atoms with Crippen LogP contribution in [0.4, 0.5) is 5.69 Å². The van der Waals surface area contributed by atoms with E-state index in [0.717, 1.165) is 0 Å². The fraction of sp³-hybridized carbons (Fsp3) is 0.105. The van der Waals surface area contributed by atoms with E-state index < -0.39 is 0 Å². The molecule has 0 spiro atoms. The van der Waals surface area contributed by atoms with Crippen LogP contribution in [0.1, 0.15) is 16.1 Å². The molecule has 1 heterocycles. The highest BCUT2D eigenvalue weighted by Gasteiger charge is 2.15. The summed E-state index contributed by atoms with van der Waals surface area (Å²) in [6, 6.07) is 13.2. The minimum absolute atomic E-state index is 0.206. The van der Waals surface area contributed by atoms with Gasteiger partial charge in [-0.3, -0.25) is 4.79 Å². The summed E-state index contributed by atoms with van der Waals surface area (Å²) in [4.78, 5) is 12.6. The maximum atomic E-state index is 12.6. The lowest BCUT2D eigenvalue weighted by Gasteiger charge is -2.11. The summed E-state index contributed by atoms with van der Waals surface area (Å²) >= 11 is 12.2. The van der Waals surface area contributed by atoms with Crippen molar-refractivity contribution in [2.45, 2.75) is 6.61 Å². The minimum atomic E-state index is -0.367. The van der Waals surface area contributed by atoms with Crippen LogP contribution in [-0.2, 0) is 6.61 Å². The molecule has 0 fully saturated rings. The molecule has 3 rings (SSSR count). The number of anilines is 1. The highest BCUT2D eigenvalue weighted by molar-refractivity contribution is 6.33. The Morgan fingerprint density at radius 1 is 1.15 bits per heavy atom. The van der Waals surface area contributed by atoms with Crippen molar-refractivity contribution >= 4 is 34.8 Å². The molecule has 0 bridgehead atoms. The zero-order valence-electron chi connectivity index (χ0n) is 13.8. The number of carbonyl (C=O) groups is 1. The van der Waals surface area contributed by atoms with Gasteiger partial charge in [0.1, 0.15) is 23.9 Å². The fourth-order valence-electron chi connectivity index (χ4n) is 2.46. The van der Waals surface area contributed by atoms with Gasteiger partial charge < -0.3 is 19.6 Å². The van der Waals surface area contributed by atoms with Crippen LogP contribution in [0.5, 0.6) is 5.75 Å². The third-order valence-electron chi connectivity index (χ3n) is 3.71. The number of amides is 1. The van der Waals surface area contributed by atoms with Crippen LogP contribution >= 0.6 is 23.2 Å². The largest absolute Gasteiger partial charge is 0.496 e. The van der Waals surface area contributed by atoms with Gasteiger partial charge >= 0.3 is 0 Å². The van der Waals surface area contributed by atoms with Gasteiger partial charge in [-0.15, -0.1) is 0 Å². The normalized spacial score (nSPS) is 10.6. The Labute approximate surface area is 160 Å². The van der Waals surface area contributed by atoms with Crippen molar-refractivity contribution in [1.29, 1.82) is 0 Å². The molecular formula is C19H15Cl2NO4. The molecule has 1 amide bonds. The molecule has 0 aliphatic rings. The van der Waals surface area contributed by atoms with Crippen LogP contribution in [0.15, 0.2) is 52.9 Å². The summed E-state index contributed by atoms with van der Waals surface area (Å²) < 4.78 is 10.7. The Hall–Kier alpha value is -2.47. The molecule has 0 unspecified atom stereocenters. The number of hydrogen-bond acceptors (Lipinski definition) is 4. The molecule has 5 nitrogen and oxygen atoms in total. The minimum Gasteiger partial charge on any atom is -0.496 e. The van der Waals surface area contributed by atoms with E-state index >= 15 is 0 Å². The molecule has 0 aliphatic heterocycles. The Morgan fingerprint density at radius 3 is 2.65 bits per heavy atom. The standard InChI is InChI=1S/C19H15Cl2NO4/c1-25-17-6-2-11(20)8-15(17)19(24)22-12-3-5-16(21)14(9-12)18-7-4-13(10-23)26-18/h2-9,23H,10H2,1H3,(H,22,24). The van der Waals surface area contributed by atoms with Gasteiger partial charge in [0, 0.05) is 16.3 Å². The monoisotopic (exact) mass is 391 g/mol. The van der Waals surface area contributed by atoms with E-state index in [1.165, 1.54) is 13.2 Å². The lowest BCUT2D eigenvalue weighted by Crippen LogP contribution is -2.13. The van der Waals surface area contributed by atoms with Gasteiger partial charge in [0.25, 0.3) is 5.91 Å². The maximum absolute atomic E-state index is 12.6. The van der Waals surface area contributed by atoms with Gasteiger partial charge in [-0.1, -0.05) is 23.2 Å². The van der Waals surface area contributed by atoms with Crippen molar-refractivity contribution in [1.82, 2.24) is 0 Å². The van der Waals surface area contributed by atoms with Gasteiger partial charge in [0.2, 0.25) is 0 Å². The molecule has 0 saturated heterocycles. The van der Waals surface area contributed by atoms with Crippen molar-refractivity contribution in [3.05, 3.63) is 69.9 Å². The lowest BCUT2D eigenvalue weighted by molar-refractivity contribution is 0.102. The predicted octanol–water partition coefficient (Wildman–Crippen LogP) is 5.01. The Morgan fingerprint density at radius 2 is 1.96 bits per heavy atom. The first-order valence-electron chi connectivity index (χ1n) is 7.66. The molecule has 0 atom stereocenters. The zero-order valence-corrected chi connectivity index (χ0v) is 15.3. The molecular weight excluding hydrogens is 377 g/mol. The zero-order chi connectivity index (χ0) is 18.7. The predicted molar refractivity (Wildman–Crippen MR) is 101 cm³/mol. The number of methoxy groups -OCH3 is 1. The van der Waals surface area contributed by atoms with Gasteiger partial charge in [0.15, 0.2) is 0 Å². The summed E-state index contributed by atoms with van der Waals surface area (Å²) in [5.41, 5.74) is 1.44. The number of rotatable bonds is 5. The molecule has 26 heavy (non-hydrogen) atoms. The number of nitrogens with one attached hydrogen (secondary N) is 1. The van der Waals surface area contributed by atoms with Crippen LogP contribution < -0.4 is 10.1 Å². The fourth-order valence-corrected chi connectivity index (χ4v) is 2.84. The number of hydrogen-bond donors (Lipinski definition) is 2. The first kappa shape index (κ1) is 18.3. The highest BCUT2D eigenvalue weighted by atomic mass is 35.5. The quantitative estimate of drug-likeness (QED) is 0.641. The van der Waals surface area contributed by atoms with Crippen molar-refractivity contribution < 1.29 is 19.1 Å². The second-order valence-corrected chi connectivity index (χ2v) is 6.26. The molecule has 0 aliphatic carbocycles. The van der Waals surface area contributed by atoms with Crippen LogP contribution in [0, 0.1) is 0 Å². The summed E-state index contributed by atoms with van der Waals surface area (Å²) in [6.07, 6.45) is 0. The van der Waals surface area contributed by atoms with Crippen LogP contribution in [0.25, 0.3) is 11.3 Å². The van der Waals surface area contributed by atoms with E-state index in [0.29, 0.717) is 44.1 Å². The average molecular weight is 392 g/mol. The van der Waals surface area contributed by atoms with Crippen molar-refractivity contribution in [2.24, 2.45) is 0 Å². The molecule has 2 N–H and O–H groups in total. The number of aliphatic hydroxyl groups excluding tert-OH is 1. The molecule has 3 aromatic rings. The summed E-state index contributed by atoms with van der Waals surface area (Å²) in [7, 11) is 1.48. The van der Waals surface area contributed by atoms with E-state index in [1.807, 2.05) is 0 Å². The van der Waals surface area contributed by atoms with E-state index in [4.69, 9.17) is 37.5 Å². The van der Waals surface area contributed by atoms with Gasteiger partial charge in [-0.25, -0.2) is 0 Å².